The van der Waals surface area contributed by atoms with Gasteiger partial charge in [0.05, 0.1) is 6.04 Å². The molecule has 27 heavy (non-hydrogen) atoms. The largest absolute Gasteiger partial charge is 0.349 e. The van der Waals surface area contributed by atoms with Crippen LogP contribution in [0.3, 0.4) is 0 Å². The summed E-state index contributed by atoms with van der Waals surface area (Å²) < 4.78 is 26.6. The standard InChI is InChI=1S/C20H18F2N2O2S/c21-15-6-5-12(11-16(15)22)24-9-7-14(20(24)26)19(25)23-17-8-10-27-18-4-2-1-3-13(17)18/h1-6,11,14,17H,7-10H2,(H,23,25)/t14-,17+/m0/s1. The van der Waals surface area contributed by atoms with Crippen molar-refractivity contribution < 1.29 is 18.4 Å². The third kappa shape index (κ3) is 3.43. The molecular formula is C20H18F2N2O2S. The number of nitrogens with one attached hydrogen (secondary N) is 1. The SMILES string of the molecule is O=C(N[C@@H]1CCSc2ccccc21)[C@@H]1CCN(c2ccc(F)c(F)c2)C1=O. The fourth-order valence-electron chi connectivity index (χ4n) is 3.60. The molecule has 2 aliphatic heterocycles. The smallest absolute Gasteiger partial charge is 0.239 e. The molecule has 0 aliphatic carbocycles. The molecule has 2 aliphatic rings. The van der Waals surface area contributed by atoms with E-state index in [0.29, 0.717) is 13.0 Å². The van der Waals surface area contributed by atoms with Gasteiger partial charge < -0.3 is 10.2 Å². The zero-order valence-corrected chi connectivity index (χ0v) is 15.3. The molecule has 1 fully saturated rings. The second-order valence-electron chi connectivity index (χ2n) is 6.67. The Balaban J connectivity index is 1.47. The number of anilines is 1. The number of amides is 2. The first-order valence-corrected chi connectivity index (χ1v) is 9.81. The summed E-state index contributed by atoms with van der Waals surface area (Å²) in [5.41, 5.74) is 1.35. The van der Waals surface area contributed by atoms with Crippen LogP contribution in [0.5, 0.6) is 0 Å². The van der Waals surface area contributed by atoms with E-state index in [2.05, 4.69) is 5.32 Å². The van der Waals surface area contributed by atoms with Crippen molar-refractivity contribution >= 4 is 29.3 Å². The minimum absolute atomic E-state index is 0.111. The van der Waals surface area contributed by atoms with Crippen LogP contribution in [-0.2, 0) is 9.59 Å². The van der Waals surface area contributed by atoms with Crippen molar-refractivity contribution in [2.45, 2.75) is 23.8 Å². The van der Waals surface area contributed by atoms with E-state index in [1.54, 1.807) is 11.8 Å². The summed E-state index contributed by atoms with van der Waals surface area (Å²) in [6, 6.07) is 11.2. The number of rotatable bonds is 3. The third-order valence-corrected chi connectivity index (χ3v) is 6.13. The molecule has 0 spiro atoms. The van der Waals surface area contributed by atoms with Crippen molar-refractivity contribution in [1.82, 2.24) is 5.32 Å². The molecule has 0 aromatic heterocycles. The Morgan fingerprint density at radius 2 is 1.93 bits per heavy atom. The van der Waals surface area contributed by atoms with Gasteiger partial charge in [-0.25, -0.2) is 8.78 Å². The molecule has 2 atom stereocenters. The number of benzene rings is 2. The summed E-state index contributed by atoms with van der Waals surface area (Å²) in [5, 5.41) is 3.01. The summed E-state index contributed by atoms with van der Waals surface area (Å²) in [6.07, 6.45) is 1.16. The molecule has 2 amide bonds. The highest BCUT2D eigenvalue weighted by Gasteiger charge is 2.39. The van der Waals surface area contributed by atoms with E-state index < -0.39 is 17.6 Å². The lowest BCUT2D eigenvalue weighted by atomic mass is 10.0. The predicted octanol–water partition coefficient (Wildman–Crippen LogP) is 3.67. The zero-order valence-electron chi connectivity index (χ0n) is 14.5. The van der Waals surface area contributed by atoms with Crippen LogP contribution in [0, 0.1) is 17.6 Å². The Bertz CT molecular complexity index is 905. The van der Waals surface area contributed by atoms with Crippen molar-refractivity contribution in [2.75, 3.05) is 17.2 Å². The highest BCUT2D eigenvalue weighted by molar-refractivity contribution is 7.99. The fourth-order valence-corrected chi connectivity index (χ4v) is 4.72. The van der Waals surface area contributed by atoms with Gasteiger partial charge in [0.15, 0.2) is 11.6 Å². The van der Waals surface area contributed by atoms with E-state index in [4.69, 9.17) is 0 Å². The normalized spacial score (nSPS) is 21.9. The van der Waals surface area contributed by atoms with E-state index in [1.165, 1.54) is 11.0 Å². The molecule has 0 bridgehead atoms. The molecule has 7 heteroatoms. The number of hydrogen-bond donors (Lipinski definition) is 1. The average Bonchev–Trinajstić information content (AvgIpc) is 3.06. The molecule has 0 radical (unpaired) electrons. The third-order valence-electron chi connectivity index (χ3n) is 5.01. The molecule has 2 heterocycles. The molecular weight excluding hydrogens is 370 g/mol. The Labute approximate surface area is 159 Å². The predicted molar refractivity (Wildman–Crippen MR) is 99.5 cm³/mol. The number of nitrogens with zero attached hydrogens (tertiary/aromatic N) is 1. The van der Waals surface area contributed by atoms with Crippen molar-refractivity contribution in [3.63, 3.8) is 0 Å². The van der Waals surface area contributed by atoms with Crippen LogP contribution >= 0.6 is 11.8 Å². The number of carbonyl (C=O) groups is 2. The van der Waals surface area contributed by atoms with Gasteiger partial charge >= 0.3 is 0 Å². The van der Waals surface area contributed by atoms with E-state index in [-0.39, 0.29) is 23.5 Å². The summed E-state index contributed by atoms with van der Waals surface area (Å²) >= 11 is 1.76. The van der Waals surface area contributed by atoms with E-state index in [1.807, 2.05) is 24.3 Å². The van der Waals surface area contributed by atoms with E-state index in [9.17, 15) is 18.4 Å². The van der Waals surface area contributed by atoms with Gasteiger partial charge in [-0.2, -0.15) is 0 Å². The molecule has 1 N–H and O–H groups in total. The van der Waals surface area contributed by atoms with Crippen LogP contribution in [0.25, 0.3) is 0 Å². The maximum Gasteiger partial charge on any atom is 0.239 e. The number of carbonyl (C=O) groups excluding carboxylic acids is 2. The van der Waals surface area contributed by atoms with Crippen molar-refractivity contribution in [3.8, 4) is 0 Å². The molecule has 0 unspecified atom stereocenters. The zero-order chi connectivity index (χ0) is 19.0. The monoisotopic (exact) mass is 388 g/mol. The quantitative estimate of drug-likeness (QED) is 0.817. The van der Waals surface area contributed by atoms with Gasteiger partial charge in [-0.1, -0.05) is 18.2 Å². The highest BCUT2D eigenvalue weighted by atomic mass is 32.2. The summed E-state index contributed by atoms with van der Waals surface area (Å²) in [5.74, 6) is -2.56. The van der Waals surface area contributed by atoms with Gasteiger partial charge in [0.25, 0.3) is 0 Å². The topological polar surface area (TPSA) is 49.4 Å². The first-order chi connectivity index (χ1) is 13.0. The van der Waals surface area contributed by atoms with Crippen molar-refractivity contribution in [3.05, 3.63) is 59.7 Å². The van der Waals surface area contributed by atoms with Gasteiger partial charge in [-0.15, -0.1) is 11.8 Å². The summed E-state index contributed by atoms with van der Waals surface area (Å²) in [6.45, 7) is 0.305. The van der Waals surface area contributed by atoms with Crippen LogP contribution in [0.1, 0.15) is 24.4 Å². The Morgan fingerprint density at radius 3 is 2.74 bits per heavy atom. The number of thioether (sulfide) groups is 1. The first-order valence-electron chi connectivity index (χ1n) is 8.83. The van der Waals surface area contributed by atoms with Gasteiger partial charge in [-0.05, 0) is 36.6 Å². The minimum atomic E-state index is -1.01. The second-order valence-corrected chi connectivity index (χ2v) is 7.80. The maximum atomic E-state index is 13.5. The Kier molecular flexibility index (Phi) is 4.86. The Morgan fingerprint density at radius 1 is 1.11 bits per heavy atom. The number of halogens is 2. The van der Waals surface area contributed by atoms with Crippen molar-refractivity contribution in [2.24, 2.45) is 5.92 Å². The minimum Gasteiger partial charge on any atom is -0.349 e. The fraction of sp³-hybridized carbons (Fsp3) is 0.300. The van der Waals surface area contributed by atoms with Gasteiger partial charge in [-0.3, -0.25) is 9.59 Å². The van der Waals surface area contributed by atoms with Gasteiger partial charge in [0.1, 0.15) is 5.92 Å². The number of hydrogen-bond acceptors (Lipinski definition) is 3. The summed E-state index contributed by atoms with van der Waals surface area (Å²) in [4.78, 5) is 27.9. The van der Waals surface area contributed by atoms with Crippen molar-refractivity contribution in [1.29, 1.82) is 0 Å². The van der Waals surface area contributed by atoms with Crippen LogP contribution in [0.2, 0.25) is 0 Å². The lowest BCUT2D eigenvalue weighted by Crippen LogP contribution is -2.39. The lowest BCUT2D eigenvalue weighted by molar-refractivity contribution is -0.132. The molecule has 140 valence electrons. The lowest BCUT2D eigenvalue weighted by Gasteiger charge is -2.26. The average molecular weight is 388 g/mol. The van der Waals surface area contributed by atoms with Crippen LogP contribution in [-0.4, -0.2) is 24.1 Å². The summed E-state index contributed by atoms with van der Waals surface area (Å²) in [7, 11) is 0. The molecule has 1 saturated heterocycles. The first kappa shape index (κ1) is 18.0. The Hall–Kier alpha value is -2.41. The maximum absolute atomic E-state index is 13.5. The molecule has 2 aromatic rings. The molecule has 4 rings (SSSR count). The van der Waals surface area contributed by atoms with Crippen LogP contribution in [0.4, 0.5) is 14.5 Å². The van der Waals surface area contributed by atoms with Gasteiger partial charge in [0, 0.05) is 28.9 Å². The van der Waals surface area contributed by atoms with E-state index in [0.717, 1.165) is 34.8 Å². The van der Waals surface area contributed by atoms with Crippen LogP contribution in [0.15, 0.2) is 47.4 Å². The number of fused-ring (bicyclic) bond motifs is 1. The second kappa shape index (κ2) is 7.31. The highest BCUT2D eigenvalue weighted by Crippen LogP contribution is 2.36. The molecule has 4 nitrogen and oxygen atoms in total. The van der Waals surface area contributed by atoms with Gasteiger partial charge in [0.2, 0.25) is 11.8 Å². The van der Waals surface area contributed by atoms with Crippen LogP contribution < -0.4 is 10.2 Å². The molecule has 2 aromatic carbocycles. The molecule has 0 saturated carbocycles. The van der Waals surface area contributed by atoms with E-state index >= 15 is 0 Å².